The fourth-order valence-electron chi connectivity index (χ4n) is 7.80. The lowest BCUT2D eigenvalue weighted by Crippen LogP contribution is -2.85. The first-order valence-electron chi connectivity index (χ1n) is 15.4. The predicted octanol–water partition coefficient (Wildman–Crippen LogP) is 2.28. The van der Waals surface area contributed by atoms with Gasteiger partial charge in [0.15, 0.2) is 11.7 Å². The van der Waals surface area contributed by atoms with E-state index in [0.717, 1.165) is 20.8 Å². The molecular formula is C33H44O13. The van der Waals surface area contributed by atoms with Crippen LogP contribution >= 0.6 is 0 Å². The quantitative estimate of drug-likeness (QED) is 0.294. The summed E-state index contributed by atoms with van der Waals surface area (Å²) in [6, 6.07) is 7.88. The summed E-state index contributed by atoms with van der Waals surface area (Å²) in [6.45, 7) is 10.6. The molecule has 3 fully saturated rings. The van der Waals surface area contributed by atoms with Gasteiger partial charge in [-0.3, -0.25) is 19.2 Å². The second kappa shape index (κ2) is 12.6. The summed E-state index contributed by atoms with van der Waals surface area (Å²) in [5.74, 6) is -5.72. The average molecular weight is 649 g/mol. The van der Waals surface area contributed by atoms with E-state index in [1.54, 1.807) is 45.9 Å². The Hall–Kier alpha value is -3.55. The van der Waals surface area contributed by atoms with Gasteiger partial charge in [-0.2, -0.15) is 0 Å². The Morgan fingerprint density at radius 2 is 1.46 bits per heavy atom. The van der Waals surface area contributed by atoms with Crippen LogP contribution < -0.4 is 0 Å². The minimum absolute atomic E-state index is 0.103. The standard InChI is InChI=1S/C33H44O13/c1-9-17(2)28(38)41-16-32-25(43-19(4)35)22(37)15-31(8,40)33(32)26(44-20(5)36)23(30(6,7)46-33)24(42-18(3)34)27(32)45-29(39)21-13-11-10-12-14-21/h10-14,17,22-27,37,40H,9,15-16H2,1-8H3/t17?,22-,23+,24-,25-,26+,27+,31-,32-,33-/m0/s1. The second-order valence-corrected chi connectivity index (χ2v) is 13.3. The monoisotopic (exact) mass is 648 g/mol. The van der Waals surface area contributed by atoms with Gasteiger partial charge >= 0.3 is 29.8 Å². The number of hydrogen-bond acceptors (Lipinski definition) is 13. The molecule has 2 aliphatic carbocycles. The van der Waals surface area contributed by atoms with Crippen molar-refractivity contribution >= 4 is 29.8 Å². The number of fused-ring (bicyclic) bond motifs is 1. The van der Waals surface area contributed by atoms with E-state index in [-0.39, 0.29) is 5.56 Å². The lowest BCUT2D eigenvalue weighted by Gasteiger charge is -2.66. The van der Waals surface area contributed by atoms with Gasteiger partial charge in [0.1, 0.15) is 30.3 Å². The summed E-state index contributed by atoms with van der Waals surface area (Å²) < 4.78 is 36.5. The number of benzene rings is 1. The van der Waals surface area contributed by atoms with Crippen LogP contribution in [-0.2, 0) is 47.6 Å². The molecule has 10 atom stereocenters. The smallest absolute Gasteiger partial charge is 0.338 e. The molecule has 1 spiro atoms. The number of aliphatic hydroxyl groups is 2. The van der Waals surface area contributed by atoms with Gasteiger partial charge < -0.3 is 38.6 Å². The van der Waals surface area contributed by atoms with Crippen molar-refractivity contribution in [2.45, 2.75) is 116 Å². The third-order valence-corrected chi connectivity index (χ3v) is 9.67. The minimum Gasteiger partial charge on any atom is -0.464 e. The molecule has 1 aliphatic heterocycles. The second-order valence-electron chi connectivity index (χ2n) is 13.3. The third kappa shape index (κ3) is 5.66. The minimum atomic E-state index is -2.22. The van der Waals surface area contributed by atoms with Crippen molar-refractivity contribution < 1.29 is 62.6 Å². The van der Waals surface area contributed by atoms with Crippen molar-refractivity contribution in [2.75, 3.05) is 6.61 Å². The molecule has 2 saturated carbocycles. The molecule has 1 aromatic carbocycles. The molecule has 1 saturated heterocycles. The Kier molecular flexibility index (Phi) is 9.65. The zero-order valence-corrected chi connectivity index (χ0v) is 27.4. The van der Waals surface area contributed by atoms with E-state index < -0.39 is 107 Å². The SMILES string of the molecule is CCC(C)C(=O)OC[C@]12[C@H](OC(=O)c3ccccc3)[C@@H](OC(C)=O)[C@@H]3[C@@H](OC(C)=O)[C@]1(OC3(C)C)[C@@](C)(O)C[C@H](O)[C@@H]2OC(C)=O. The van der Waals surface area contributed by atoms with Crippen LogP contribution in [0.2, 0.25) is 0 Å². The van der Waals surface area contributed by atoms with Crippen LogP contribution in [0.15, 0.2) is 30.3 Å². The largest absolute Gasteiger partial charge is 0.464 e. The van der Waals surface area contributed by atoms with Crippen LogP contribution in [0, 0.1) is 17.3 Å². The Morgan fingerprint density at radius 1 is 0.891 bits per heavy atom. The fourth-order valence-corrected chi connectivity index (χ4v) is 7.80. The summed E-state index contributed by atoms with van der Waals surface area (Å²) in [4.78, 5) is 65.3. The van der Waals surface area contributed by atoms with Gasteiger partial charge in [-0.05, 0) is 39.3 Å². The topological polar surface area (TPSA) is 181 Å². The van der Waals surface area contributed by atoms with E-state index in [9.17, 15) is 34.2 Å². The van der Waals surface area contributed by atoms with Crippen molar-refractivity contribution in [1.82, 2.24) is 0 Å². The Morgan fingerprint density at radius 3 is 2.00 bits per heavy atom. The summed E-state index contributed by atoms with van der Waals surface area (Å²) >= 11 is 0. The maximum Gasteiger partial charge on any atom is 0.338 e. The number of aliphatic hydroxyl groups excluding tert-OH is 1. The van der Waals surface area contributed by atoms with Crippen LogP contribution in [0.25, 0.3) is 0 Å². The van der Waals surface area contributed by atoms with Gasteiger partial charge in [0.25, 0.3) is 0 Å². The first-order chi connectivity index (χ1) is 21.4. The number of carbonyl (C=O) groups is 5. The average Bonchev–Trinajstić information content (AvgIpc) is 3.16. The lowest BCUT2D eigenvalue weighted by molar-refractivity contribution is -0.363. The Balaban J connectivity index is 2.13. The number of hydrogen-bond donors (Lipinski definition) is 2. The van der Waals surface area contributed by atoms with Crippen LogP contribution in [-0.4, -0.2) is 94.0 Å². The molecule has 13 heteroatoms. The van der Waals surface area contributed by atoms with Crippen molar-refractivity contribution in [1.29, 1.82) is 0 Å². The Labute approximate surface area is 267 Å². The molecule has 4 rings (SSSR count). The number of carbonyl (C=O) groups excluding carboxylic acids is 5. The fraction of sp³-hybridized carbons (Fsp3) is 0.667. The summed E-state index contributed by atoms with van der Waals surface area (Å²) in [6.07, 6.45) is -8.03. The zero-order chi connectivity index (χ0) is 34.4. The van der Waals surface area contributed by atoms with E-state index in [1.807, 2.05) is 0 Å². The van der Waals surface area contributed by atoms with E-state index in [2.05, 4.69) is 0 Å². The van der Waals surface area contributed by atoms with Crippen molar-refractivity contribution in [3.8, 4) is 0 Å². The molecule has 2 N–H and O–H groups in total. The van der Waals surface area contributed by atoms with E-state index in [1.165, 1.54) is 19.1 Å². The van der Waals surface area contributed by atoms with Crippen LogP contribution in [0.1, 0.15) is 78.6 Å². The zero-order valence-electron chi connectivity index (χ0n) is 27.4. The van der Waals surface area contributed by atoms with Crippen molar-refractivity contribution in [3.05, 3.63) is 35.9 Å². The van der Waals surface area contributed by atoms with Gasteiger partial charge in [0.2, 0.25) is 0 Å². The van der Waals surface area contributed by atoms with Gasteiger partial charge in [-0.1, -0.05) is 32.0 Å². The molecule has 0 aromatic heterocycles. The number of rotatable bonds is 9. The van der Waals surface area contributed by atoms with Crippen LogP contribution in [0.4, 0.5) is 0 Å². The highest BCUT2D eigenvalue weighted by molar-refractivity contribution is 5.89. The summed E-state index contributed by atoms with van der Waals surface area (Å²) in [7, 11) is 0. The van der Waals surface area contributed by atoms with Crippen LogP contribution in [0.3, 0.4) is 0 Å². The molecule has 1 unspecified atom stereocenters. The lowest BCUT2D eigenvalue weighted by atomic mass is 9.45. The molecule has 3 aliphatic rings. The molecular weight excluding hydrogens is 604 g/mol. The van der Waals surface area contributed by atoms with Crippen molar-refractivity contribution in [3.63, 3.8) is 0 Å². The van der Waals surface area contributed by atoms with Gasteiger partial charge in [-0.25, -0.2) is 4.79 Å². The predicted molar refractivity (Wildman–Crippen MR) is 158 cm³/mol. The normalized spacial score (nSPS) is 36.4. The molecule has 1 heterocycles. The highest BCUT2D eigenvalue weighted by Gasteiger charge is 2.88. The Bertz CT molecular complexity index is 1360. The summed E-state index contributed by atoms with van der Waals surface area (Å²) in [5.41, 5.74) is -7.79. The highest BCUT2D eigenvalue weighted by Crippen LogP contribution is 2.69. The number of esters is 5. The third-order valence-electron chi connectivity index (χ3n) is 9.67. The maximum atomic E-state index is 13.8. The molecule has 46 heavy (non-hydrogen) atoms. The van der Waals surface area contributed by atoms with Crippen molar-refractivity contribution in [2.24, 2.45) is 17.3 Å². The molecule has 2 bridgehead atoms. The molecule has 1 aromatic rings. The van der Waals surface area contributed by atoms with E-state index in [0.29, 0.717) is 6.42 Å². The molecule has 254 valence electrons. The highest BCUT2D eigenvalue weighted by atomic mass is 16.6. The molecule has 0 radical (unpaired) electrons. The molecule has 13 nitrogen and oxygen atoms in total. The summed E-state index contributed by atoms with van der Waals surface area (Å²) in [5, 5.41) is 24.0. The van der Waals surface area contributed by atoms with E-state index >= 15 is 0 Å². The van der Waals surface area contributed by atoms with Crippen LogP contribution in [0.5, 0.6) is 0 Å². The first-order valence-corrected chi connectivity index (χ1v) is 15.4. The maximum absolute atomic E-state index is 13.8. The van der Waals surface area contributed by atoms with E-state index in [4.69, 9.17) is 28.4 Å². The first kappa shape index (κ1) is 35.3. The molecule has 0 amide bonds. The van der Waals surface area contributed by atoms with Gasteiger partial charge in [0, 0.05) is 27.2 Å². The van der Waals surface area contributed by atoms with Gasteiger partial charge in [0.05, 0.1) is 34.7 Å². The number of ether oxygens (including phenoxy) is 6. The van der Waals surface area contributed by atoms with Gasteiger partial charge in [-0.15, -0.1) is 0 Å².